The summed E-state index contributed by atoms with van der Waals surface area (Å²) in [7, 11) is 0. The zero-order valence-corrected chi connectivity index (χ0v) is 17.7. The Morgan fingerprint density at radius 3 is 2.30 bits per heavy atom. The highest BCUT2D eigenvalue weighted by Gasteiger charge is 2.21. The van der Waals surface area contributed by atoms with Crippen LogP contribution in [-0.4, -0.2) is 15.7 Å². The quantitative estimate of drug-likeness (QED) is 0.606. The maximum Gasteiger partial charge on any atom is 0.229 e. The Bertz CT molecular complexity index is 935. The normalized spacial score (nSPS) is 11.4. The van der Waals surface area contributed by atoms with Gasteiger partial charge in [-0.25, -0.2) is 4.68 Å². The Morgan fingerprint density at radius 1 is 1.07 bits per heavy atom. The van der Waals surface area contributed by atoms with E-state index in [4.69, 9.17) is 5.10 Å². The van der Waals surface area contributed by atoms with Gasteiger partial charge in [-0.15, -0.1) is 0 Å². The fourth-order valence-electron chi connectivity index (χ4n) is 2.69. The molecule has 0 aliphatic heterocycles. The molecule has 4 nitrogen and oxygen atoms in total. The number of amides is 1. The van der Waals surface area contributed by atoms with Crippen molar-refractivity contribution >= 4 is 27.7 Å². The molecule has 0 atom stereocenters. The summed E-state index contributed by atoms with van der Waals surface area (Å²) in [5, 5.41) is 7.78. The van der Waals surface area contributed by atoms with E-state index >= 15 is 0 Å². The van der Waals surface area contributed by atoms with E-state index in [1.165, 1.54) is 5.56 Å². The van der Waals surface area contributed by atoms with E-state index in [1.54, 1.807) is 4.68 Å². The minimum atomic E-state index is -0.110. The summed E-state index contributed by atoms with van der Waals surface area (Å²) < 4.78 is 2.80. The SMILES string of the molecule is Cc1ccc(-n2nc(C(C)(C)C)cc2NC(=O)Cc2ccc(Br)cc2)cc1. The van der Waals surface area contributed by atoms with Crippen LogP contribution in [0.3, 0.4) is 0 Å². The van der Waals surface area contributed by atoms with Gasteiger partial charge in [-0.05, 0) is 36.8 Å². The summed E-state index contributed by atoms with van der Waals surface area (Å²) in [5.74, 6) is 0.622. The molecule has 3 rings (SSSR count). The van der Waals surface area contributed by atoms with Crippen molar-refractivity contribution < 1.29 is 4.79 Å². The van der Waals surface area contributed by atoms with E-state index in [9.17, 15) is 4.79 Å². The molecule has 5 heteroatoms. The smallest absolute Gasteiger partial charge is 0.229 e. The van der Waals surface area contributed by atoms with Crippen molar-refractivity contribution in [3.05, 3.63) is 75.9 Å². The molecular formula is C22H24BrN3O. The molecule has 0 bridgehead atoms. The third-order valence-corrected chi connectivity index (χ3v) is 4.83. The van der Waals surface area contributed by atoms with Crippen LogP contribution in [0.1, 0.15) is 37.6 Å². The maximum atomic E-state index is 12.6. The Morgan fingerprint density at radius 2 is 1.70 bits per heavy atom. The summed E-state index contributed by atoms with van der Waals surface area (Å²) in [5.41, 5.74) is 3.90. The first-order chi connectivity index (χ1) is 12.7. The molecule has 1 amide bonds. The number of rotatable bonds is 4. The van der Waals surface area contributed by atoms with Gasteiger partial charge >= 0.3 is 0 Å². The van der Waals surface area contributed by atoms with Gasteiger partial charge in [0.05, 0.1) is 17.8 Å². The van der Waals surface area contributed by atoms with Gasteiger partial charge in [-0.2, -0.15) is 5.10 Å². The number of nitrogens with zero attached hydrogens (tertiary/aromatic N) is 2. The highest BCUT2D eigenvalue weighted by Crippen LogP contribution is 2.26. The van der Waals surface area contributed by atoms with Gasteiger partial charge < -0.3 is 5.32 Å². The van der Waals surface area contributed by atoms with Crippen molar-refractivity contribution in [2.45, 2.75) is 39.5 Å². The fourth-order valence-corrected chi connectivity index (χ4v) is 2.96. The molecular weight excluding hydrogens is 402 g/mol. The Kier molecular flexibility index (Phi) is 5.51. The van der Waals surface area contributed by atoms with Crippen LogP contribution >= 0.6 is 15.9 Å². The van der Waals surface area contributed by atoms with Crippen LogP contribution in [0.2, 0.25) is 0 Å². The van der Waals surface area contributed by atoms with Gasteiger partial charge in [0.2, 0.25) is 5.91 Å². The summed E-state index contributed by atoms with van der Waals surface area (Å²) in [6, 6.07) is 17.8. The van der Waals surface area contributed by atoms with Crippen LogP contribution in [0.4, 0.5) is 5.82 Å². The largest absolute Gasteiger partial charge is 0.310 e. The molecule has 0 saturated carbocycles. The van der Waals surface area contributed by atoms with Gasteiger partial charge in [-0.3, -0.25) is 4.79 Å². The highest BCUT2D eigenvalue weighted by molar-refractivity contribution is 9.10. The monoisotopic (exact) mass is 425 g/mol. The third-order valence-electron chi connectivity index (χ3n) is 4.30. The molecule has 0 spiro atoms. The summed E-state index contributed by atoms with van der Waals surface area (Å²) in [6.07, 6.45) is 0.317. The molecule has 3 aromatic rings. The van der Waals surface area contributed by atoms with Gasteiger partial charge in [0.25, 0.3) is 0 Å². The van der Waals surface area contributed by atoms with Gasteiger partial charge in [0, 0.05) is 16.0 Å². The number of carbonyl (C=O) groups excluding carboxylic acids is 1. The molecule has 0 aliphatic carbocycles. The molecule has 2 aromatic carbocycles. The maximum absolute atomic E-state index is 12.6. The molecule has 0 saturated heterocycles. The lowest BCUT2D eigenvalue weighted by molar-refractivity contribution is -0.115. The molecule has 140 valence electrons. The predicted octanol–water partition coefficient (Wildman–Crippen LogP) is 5.42. The number of halogens is 1. The molecule has 1 heterocycles. The van der Waals surface area contributed by atoms with Crippen molar-refractivity contribution in [2.75, 3.05) is 5.32 Å². The van der Waals surface area contributed by atoms with Crippen LogP contribution in [0.5, 0.6) is 0 Å². The van der Waals surface area contributed by atoms with E-state index in [1.807, 2.05) is 61.5 Å². The highest BCUT2D eigenvalue weighted by atomic mass is 79.9. The summed E-state index contributed by atoms with van der Waals surface area (Å²) in [6.45, 7) is 8.39. The van der Waals surface area contributed by atoms with Crippen molar-refractivity contribution in [3.8, 4) is 5.69 Å². The van der Waals surface area contributed by atoms with Gasteiger partial charge in [0.15, 0.2) is 0 Å². The van der Waals surface area contributed by atoms with E-state index in [2.05, 4.69) is 42.0 Å². The summed E-state index contributed by atoms with van der Waals surface area (Å²) >= 11 is 3.42. The molecule has 1 N–H and O–H groups in total. The fraction of sp³-hybridized carbons (Fsp3) is 0.273. The molecule has 27 heavy (non-hydrogen) atoms. The summed E-state index contributed by atoms with van der Waals surface area (Å²) in [4.78, 5) is 12.6. The third kappa shape index (κ3) is 4.86. The van der Waals surface area contributed by atoms with Crippen LogP contribution in [0.25, 0.3) is 5.69 Å². The van der Waals surface area contributed by atoms with Crippen LogP contribution < -0.4 is 5.32 Å². The van der Waals surface area contributed by atoms with E-state index in [0.717, 1.165) is 21.4 Å². The topological polar surface area (TPSA) is 46.9 Å². The van der Waals surface area contributed by atoms with E-state index < -0.39 is 0 Å². The standard InChI is InChI=1S/C22H24BrN3O/c1-15-5-11-18(12-6-15)26-20(14-19(25-26)22(2,3)4)24-21(27)13-16-7-9-17(23)10-8-16/h5-12,14H,13H2,1-4H3,(H,24,27). The molecule has 0 aliphatic rings. The lowest BCUT2D eigenvalue weighted by Crippen LogP contribution is -2.17. The lowest BCUT2D eigenvalue weighted by Gasteiger charge is -2.14. The Labute approximate surface area is 168 Å². The lowest BCUT2D eigenvalue weighted by atomic mass is 9.92. The number of aromatic nitrogens is 2. The molecule has 0 unspecified atom stereocenters. The second-order valence-corrected chi connectivity index (χ2v) is 8.68. The van der Waals surface area contributed by atoms with Gasteiger partial charge in [-0.1, -0.05) is 66.5 Å². The molecule has 1 aromatic heterocycles. The first-order valence-electron chi connectivity index (χ1n) is 8.94. The number of aryl methyl sites for hydroxylation is 1. The van der Waals surface area contributed by atoms with Crippen molar-refractivity contribution in [2.24, 2.45) is 0 Å². The van der Waals surface area contributed by atoms with Gasteiger partial charge in [0.1, 0.15) is 5.82 Å². The first-order valence-corrected chi connectivity index (χ1v) is 9.73. The minimum Gasteiger partial charge on any atom is -0.310 e. The zero-order valence-electron chi connectivity index (χ0n) is 16.1. The number of nitrogens with one attached hydrogen (secondary N) is 1. The number of anilines is 1. The number of benzene rings is 2. The Balaban J connectivity index is 1.88. The van der Waals surface area contributed by atoms with Crippen molar-refractivity contribution in [3.63, 3.8) is 0 Å². The van der Waals surface area contributed by atoms with E-state index in [0.29, 0.717) is 12.2 Å². The molecule has 0 fully saturated rings. The minimum absolute atomic E-state index is 0.0638. The van der Waals surface area contributed by atoms with Crippen molar-refractivity contribution in [1.29, 1.82) is 0 Å². The van der Waals surface area contributed by atoms with Crippen molar-refractivity contribution in [1.82, 2.24) is 9.78 Å². The average molecular weight is 426 g/mol. The second kappa shape index (κ2) is 7.69. The zero-order chi connectivity index (χ0) is 19.6. The number of hydrogen-bond donors (Lipinski definition) is 1. The molecule has 0 radical (unpaired) electrons. The Hall–Kier alpha value is -2.40. The van der Waals surface area contributed by atoms with Crippen LogP contribution in [0.15, 0.2) is 59.1 Å². The average Bonchev–Trinajstić information content (AvgIpc) is 3.02. The first kappa shape index (κ1) is 19.4. The number of hydrogen-bond acceptors (Lipinski definition) is 2. The van der Waals surface area contributed by atoms with Crippen LogP contribution in [0, 0.1) is 6.92 Å². The predicted molar refractivity (Wildman–Crippen MR) is 113 cm³/mol. The van der Waals surface area contributed by atoms with Crippen LogP contribution in [-0.2, 0) is 16.6 Å². The van der Waals surface area contributed by atoms with E-state index in [-0.39, 0.29) is 11.3 Å². The second-order valence-electron chi connectivity index (χ2n) is 7.76. The number of carbonyl (C=O) groups is 1.